The van der Waals surface area contributed by atoms with Crippen molar-refractivity contribution in [3.63, 3.8) is 0 Å². The number of anilines is 1. The number of aryl methyl sites for hydroxylation is 1. The van der Waals surface area contributed by atoms with Crippen LogP contribution in [-0.2, 0) is 6.42 Å². The molecule has 0 aliphatic rings. The van der Waals surface area contributed by atoms with Crippen LogP contribution in [0.3, 0.4) is 0 Å². The van der Waals surface area contributed by atoms with Crippen LogP contribution in [0, 0.1) is 0 Å². The molecule has 0 aliphatic heterocycles. The molecule has 1 N–H and O–H groups in total. The number of hydrogen-bond donors (Lipinski definition) is 1. The molecule has 2 aromatic carbocycles. The Bertz CT molecular complexity index is 1010. The summed E-state index contributed by atoms with van der Waals surface area (Å²) in [5.41, 5.74) is 2.27. The van der Waals surface area contributed by atoms with Crippen molar-refractivity contribution < 1.29 is 23.5 Å². The molecule has 162 valence electrons. The van der Waals surface area contributed by atoms with Crippen LogP contribution in [0.5, 0.6) is 11.5 Å². The van der Waals surface area contributed by atoms with Crippen molar-refractivity contribution in [1.29, 1.82) is 0 Å². The molecule has 3 aromatic rings. The summed E-state index contributed by atoms with van der Waals surface area (Å²) in [4.78, 5) is 26.4. The molecule has 1 aromatic heterocycles. The highest BCUT2D eigenvalue weighted by Crippen LogP contribution is 2.28. The molecule has 7 heteroatoms. The van der Waals surface area contributed by atoms with E-state index in [9.17, 15) is 9.59 Å². The number of rotatable bonds is 9. The van der Waals surface area contributed by atoms with E-state index in [0.29, 0.717) is 29.3 Å². The number of ether oxygens (including phenoxy) is 2. The van der Waals surface area contributed by atoms with Crippen molar-refractivity contribution in [2.75, 3.05) is 33.1 Å². The highest BCUT2D eigenvalue weighted by Gasteiger charge is 2.13. The highest BCUT2D eigenvalue weighted by molar-refractivity contribution is 6.02. The lowest BCUT2D eigenvalue weighted by Gasteiger charge is -2.17. The van der Waals surface area contributed by atoms with Gasteiger partial charge in [0.05, 0.1) is 20.5 Å². The van der Waals surface area contributed by atoms with Crippen molar-refractivity contribution in [2.45, 2.75) is 12.8 Å². The number of amides is 2. The number of nitrogens with one attached hydrogen (secondary N) is 1. The zero-order valence-corrected chi connectivity index (χ0v) is 17.9. The Morgan fingerprint density at radius 2 is 1.74 bits per heavy atom. The predicted molar refractivity (Wildman–Crippen MR) is 118 cm³/mol. The maximum Gasteiger partial charge on any atom is 0.291 e. The standard InChI is InChI=1S/C24H26N2O5/c1-26(14-4-6-17-8-13-20(29-2)22(16-17)30-3)24(28)18-9-11-19(12-10-18)25-23(27)21-7-5-15-31-21/h5,7-13,15-16H,4,6,14H2,1-3H3,(H,25,27). The molecule has 7 nitrogen and oxygen atoms in total. The fourth-order valence-electron chi connectivity index (χ4n) is 3.18. The molecular weight excluding hydrogens is 396 g/mol. The Kier molecular flexibility index (Phi) is 7.32. The van der Waals surface area contributed by atoms with Gasteiger partial charge < -0.3 is 24.1 Å². The summed E-state index contributed by atoms with van der Waals surface area (Å²) in [6.45, 7) is 0.615. The molecular formula is C24H26N2O5. The van der Waals surface area contributed by atoms with E-state index in [4.69, 9.17) is 13.9 Å². The van der Waals surface area contributed by atoms with Gasteiger partial charge in [0.1, 0.15) is 0 Å². The zero-order chi connectivity index (χ0) is 22.2. The SMILES string of the molecule is COc1ccc(CCCN(C)C(=O)c2ccc(NC(=O)c3ccco3)cc2)cc1OC. The summed E-state index contributed by atoms with van der Waals surface area (Å²) in [6, 6.07) is 15.9. The summed E-state index contributed by atoms with van der Waals surface area (Å²) in [5, 5.41) is 2.73. The lowest BCUT2D eigenvalue weighted by Crippen LogP contribution is -2.28. The Balaban J connectivity index is 1.51. The number of furan rings is 1. The second-order valence-corrected chi connectivity index (χ2v) is 7.03. The Morgan fingerprint density at radius 1 is 1.00 bits per heavy atom. The van der Waals surface area contributed by atoms with Gasteiger partial charge in [-0.05, 0) is 66.9 Å². The summed E-state index contributed by atoms with van der Waals surface area (Å²) in [7, 11) is 5.00. The number of benzene rings is 2. The van der Waals surface area contributed by atoms with Crippen molar-refractivity contribution >= 4 is 17.5 Å². The molecule has 31 heavy (non-hydrogen) atoms. The Hall–Kier alpha value is -3.74. The minimum Gasteiger partial charge on any atom is -0.493 e. The van der Waals surface area contributed by atoms with Crippen LogP contribution in [-0.4, -0.2) is 44.5 Å². The molecule has 0 radical (unpaired) electrons. The molecule has 0 unspecified atom stereocenters. The molecule has 0 saturated heterocycles. The van der Waals surface area contributed by atoms with E-state index in [1.807, 2.05) is 18.2 Å². The maximum atomic E-state index is 12.7. The van der Waals surface area contributed by atoms with Gasteiger partial charge in [0, 0.05) is 24.8 Å². The predicted octanol–water partition coefficient (Wildman–Crippen LogP) is 4.25. The largest absolute Gasteiger partial charge is 0.493 e. The second kappa shape index (κ2) is 10.3. The van der Waals surface area contributed by atoms with Gasteiger partial charge in [-0.25, -0.2) is 0 Å². The van der Waals surface area contributed by atoms with Gasteiger partial charge in [-0.15, -0.1) is 0 Å². The first kappa shape index (κ1) is 22.0. The summed E-state index contributed by atoms with van der Waals surface area (Å²) in [5.74, 6) is 1.22. The van der Waals surface area contributed by atoms with Gasteiger partial charge in [0.25, 0.3) is 11.8 Å². The maximum absolute atomic E-state index is 12.7. The Labute approximate surface area is 181 Å². The fourth-order valence-corrected chi connectivity index (χ4v) is 3.18. The fraction of sp³-hybridized carbons (Fsp3) is 0.250. The van der Waals surface area contributed by atoms with Crippen LogP contribution in [0.4, 0.5) is 5.69 Å². The van der Waals surface area contributed by atoms with E-state index < -0.39 is 0 Å². The van der Waals surface area contributed by atoms with Crippen LogP contribution in [0.1, 0.15) is 32.9 Å². The average Bonchev–Trinajstić information content (AvgIpc) is 3.34. The van der Waals surface area contributed by atoms with E-state index >= 15 is 0 Å². The molecule has 0 bridgehead atoms. The minimum atomic E-state index is -0.337. The van der Waals surface area contributed by atoms with Crippen molar-refractivity contribution in [3.8, 4) is 11.5 Å². The number of hydrogen-bond acceptors (Lipinski definition) is 5. The van der Waals surface area contributed by atoms with Crippen LogP contribution < -0.4 is 14.8 Å². The smallest absolute Gasteiger partial charge is 0.291 e. The van der Waals surface area contributed by atoms with Gasteiger partial charge in [0.2, 0.25) is 0 Å². The van der Waals surface area contributed by atoms with E-state index in [-0.39, 0.29) is 17.6 Å². The third-order valence-electron chi connectivity index (χ3n) is 4.89. The second-order valence-electron chi connectivity index (χ2n) is 7.03. The number of nitrogens with zero attached hydrogens (tertiary/aromatic N) is 1. The van der Waals surface area contributed by atoms with Crippen LogP contribution >= 0.6 is 0 Å². The monoisotopic (exact) mass is 422 g/mol. The van der Waals surface area contributed by atoms with E-state index in [1.54, 1.807) is 62.6 Å². The number of methoxy groups -OCH3 is 2. The minimum absolute atomic E-state index is 0.0729. The highest BCUT2D eigenvalue weighted by atomic mass is 16.5. The van der Waals surface area contributed by atoms with E-state index in [0.717, 1.165) is 18.4 Å². The molecule has 0 atom stereocenters. The molecule has 0 aliphatic carbocycles. The molecule has 0 fully saturated rings. The summed E-state index contributed by atoms with van der Waals surface area (Å²) < 4.78 is 15.7. The van der Waals surface area contributed by atoms with Crippen LogP contribution in [0.15, 0.2) is 65.3 Å². The first-order valence-corrected chi connectivity index (χ1v) is 9.93. The van der Waals surface area contributed by atoms with E-state index in [1.165, 1.54) is 6.26 Å². The molecule has 3 rings (SSSR count). The van der Waals surface area contributed by atoms with Gasteiger partial charge in [-0.2, -0.15) is 0 Å². The lowest BCUT2D eigenvalue weighted by atomic mass is 10.1. The van der Waals surface area contributed by atoms with Crippen LogP contribution in [0.2, 0.25) is 0 Å². The lowest BCUT2D eigenvalue weighted by molar-refractivity contribution is 0.0793. The van der Waals surface area contributed by atoms with E-state index in [2.05, 4.69) is 5.32 Å². The average molecular weight is 422 g/mol. The topological polar surface area (TPSA) is 81.0 Å². The first-order chi connectivity index (χ1) is 15.0. The molecule has 0 spiro atoms. The van der Waals surface area contributed by atoms with Crippen molar-refractivity contribution in [3.05, 3.63) is 77.7 Å². The molecule has 2 amide bonds. The first-order valence-electron chi connectivity index (χ1n) is 9.93. The van der Waals surface area contributed by atoms with Gasteiger partial charge in [0.15, 0.2) is 17.3 Å². The quantitative estimate of drug-likeness (QED) is 0.557. The molecule has 0 saturated carbocycles. The third kappa shape index (κ3) is 5.66. The van der Waals surface area contributed by atoms with Crippen molar-refractivity contribution in [2.24, 2.45) is 0 Å². The third-order valence-corrected chi connectivity index (χ3v) is 4.89. The number of carbonyl (C=O) groups is 2. The zero-order valence-electron chi connectivity index (χ0n) is 17.9. The van der Waals surface area contributed by atoms with Crippen LogP contribution in [0.25, 0.3) is 0 Å². The summed E-state index contributed by atoms with van der Waals surface area (Å²) >= 11 is 0. The van der Waals surface area contributed by atoms with Crippen molar-refractivity contribution in [1.82, 2.24) is 4.90 Å². The normalized spacial score (nSPS) is 10.4. The number of carbonyl (C=O) groups excluding carboxylic acids is 2. The van der Waals surface area contributed by atoms with Gasteiger partial charge in [-0.1, -0.05) is 6.07 Å². The summed E-state index contributed by atoms with van der Waals surface area (Å²) in [6.07, 6.45) is 3.07. The van der Waals surface area contributed by atoms with Gasteiger partial charge >= 0.3 is 0 Å². The Morgan fingerprint density at radius 3 is 2.39 bits per heavy atom. The van der Waals surface area contributed by atoms with Gasteiger partial charge in [-0.3, -0.25) is 9.59 Å². The molecule has 1 heterocycles.